The number of benzene rings is 1. The monoisotopic (exact) mass is 589 g/mol. The zero-order valence-corrected chi connectivity index (χ0v) is 25.3. The first-order chi connectivity index (χ1) is 20.7. The van der Waals surface area contributed by atoms with Crippen molar-refractivity contribution >= 4 is 23.5 Å². The maximum atomic E-state index is 13.8. The van der Waals surface area contributed by atoms with Gasteiger partial charge in [0.1, 0.15) is 24.2 Å². The number of aryl methyl sites for hydroxylation is 1. The number of nitrogen functional groups attached to an aromatic ring is 1. The number of fused-ring (bicyclic) bond motifs is 1. The number of carbonyl (C=O) groups is 3. The number of hydrogen-bond donors (Lipinski definition) is 4. The van der Waals surface area contributed by atoms with Gasteiger partial charge in [-0.25, -0.2) is 14.6 Å². The number of rotatable bonds is 5. The Balaban J connectivity index is 1.58. The van der Waals surface area contributed by atoms with E-state index in [9.17, 15) is 14.4 Å². The Kier molecular flexibility index (Phi) is 11.2. The Morgan fingerprint density at radius 1 is 1.00 bits per heavy atom. The van der Waals surface area contributed by atoms with Crippen LogP contribution in [0.2, 0.25) is 0 Å². The van der Waals surface area contributed by atoms with Gasteiger partial charge in [0.05, 0.1) is 6.04 Å². The summed E-state index contributed by atoms with van der Waals surface area (Å²) in [6.45, 7) is 8.08. The summed E-state index contributed by atoms with van der Waals surface area (Å²) in [6, 6.07) is 12.1. The third-order valence-electron chi connectivity index (χ3n) is 7.45. The first-order valence-corrected chi connectivity index (χ1v) is 14.9. The van der Waals surface area contributed by atoms with E-state index in [1.165, 1.54) is 0 Å². The van der Waals surface area contributed by atoms with Crippen LogP contribution in [0.5, 0.6) is 0 Å². The smallest absolute Gasteiger partial charge is 0.243 e. The predicted octanol–water partition coefficient (Wildman–Crippen LogP) is 1.91. The van der Waals surface area contributed by atoms with Crippen molar-refractivity contribution < 1.29 is 14.4 Å². The van der Waals surface area contributed by atoms with E-state index < -0.39 is 12.1 Å². The van der Waals surface area contributed by atoms with Crippen molar-refractivity contribution in [3.63, 3.8) is 0 Å². The number of anilines is 1. The highest BCUT2D eigenvalue weighted by Crippen LogP contribution is 2.21. The predicted molar refractivity (Wildman–Crippen MR) is 163 cm³/mol. The van der Waals surface area contributed by atoms with Crippen LogP contribution in [0.15, 0.2) is 48.7 Å². The fourth-order valence-electron chi connectivity index (χ4n) is 5.21. The molecule has 2 aromatic heterocycles. The average molecular weight is 590 g/mol. The van der Waals surface area contributed by atoms with Crippen molar-refractivity contribution in [2.24, 2.45) is 5.92 Å². The van der Waals surface area contributed by atoms with E-state index in [0.29, 0.717) is 62.9 Å². The molecule has 12 nitrogen and oxygen atoms in total. The van der Waals surface area contributed by atoms with Crippen molar-refractivity contribution in [2.45, 2.75) is 71.6 Å². The van der Waals surface area contributed by atoms with Crippen molar-refractivity contribution in [3.8, 4) is 0 Å². The molecule has 3 amide bonds. The molecule has 3 heterocycles. The molecule has 0 saturated carbocycles. The van der Waals surface area contributed by atoms with E-state index in [2.05, 4.69) is 35.9 Å². The van der Waals surface area contributed by atoms with Crippen LogP contribution in [0.1, 0.15) is 61.9 Å². The molecule has 43 heavy (non-hydrogen) atoms. The maximum absolute atomic E-state index is 13.8. The van der Waals surface area contributed by atoms with Gasteiger partial charge in [-0.05, 0) is 43.9 Å². The van der Waals surface area contributed by atoms with Gasteiger partial charge in [0, 0.05) is 44.2 Å². The number of nitrogens with one attached hydrogen (secondary N) is 3. The van der Waals surface area contributed by atoms with Gasteiger partial charge in [0.25, 0.3) is 0 Å². The molecule has 0 spiro atoms. The Bertz CT molecular complexity index is 1380. The molecule has 0 radical (unpaired) electrons. The van der Waals surface area contributed by atoms with Gasteiger partial charge in [-0.1, -0.05) is 50.2 Å². The van der Waals surface area contributed by atoms with Crippen LogP contribution in [0.25, 0.3) is 0 Å². The minimum absolute atomic E-state index is 0.0185. The van der Waals surface area contributed by atoms with Gasteiger partial charge in [-0.2, -0.15) is 5.10 Å². The number of nitrogens with zero attached hydrogens (tertiary/aromatic N) is 5. The largest absolute Gasteiger partial charge is 0.383 e. The number of carbonyl (C=O) groups excluding carboxylic acids is 3. The summed E-state index contributed by atoms with van der Waals surface area (Å²) in [5.41, 5.74) is 7.94. The Labute approximate surface area is 252 Å². The molecule has 4 rings (SSSR count). The minimum Gasteiger partial charge on any atom is -0.383 e. The average Bonchev–Trinajstić information content (AvgIpc) is 3.33. The quantitative estimate of drug-likeness (QED) is 0.351. The Hall–Kier alpha value is -4.32. The van der Waals surface area contributed by atoms with Gasteiger partial charge in [-0.15, -0.1) is 0 Å². The Morgan fingerprint density at radius 3 is 2.51 bits per heavy atom. The molecule has 0 aliphatic carbocycles. The molecule has 230 valence electrons. The van der Waals surface area contributed by atoms with E-state index in [1.807, 2.05) is 56.3 Å². The summed E-state index contributed by atoms with van der Waals surface area (Å²) in [6.07, 6.45) is 3.56. The lowest BCUT2D eigenvalue weighted by molar-refractivity contribution is -0.129. The fourth-order valence-corrected chi connectivity index (χ4v) is 5.21. The molecule has 1 aliphatic rings. The third kappa shape index (κ3) is 9.34. The SMILES string of the molecule is Cc1nc2n(n1)CC(=O)NCCCN(Cc1cccnc1N)CCCC(=O)N[C@H](Cc1ccccc1)C(=O)N[C@H]2C(C)C. The van der Waals surface area contributed by atoms with Gasteiger partial charge >= 0.3 is 0 Å². The Morgan fingerprint density at radius 2 is 1.77 bits per heavy atom. The van der Waals surface area contributed by atoms with Gasteiger partial charge in [0.2, 0.25) is 17.7 Å². The number of pyridine rings is 1. The van der Waals surface area contributed by atoms with Crippen molar-refractivity contribution in [1.29, 1.82) is 0 Å². The number of aromatic nitrogens is 4. The van der Waals surface area contributed by atoms with Crippen LogP contribution in [0.4, 0.5) is 5.82 Å². The van der Waals surface area contributed by atoms with Crippen LogP contribution >= 0.6 is 0 Å². The lowest BCUT2D eigenvalue weighted by atomic mass is 10.0. The zero-order chi connectivity index (χ0) is 30.8. The van der Waals surface area contributed by atoms with Gasteiger partial charge in [-0.3, -0.25) is 19.3 Å². The van der Waals surface area contributed by atoms with Gasteiger partial charge < -0.3 is 21.7 Å². The molecule has 5 N–H and O–H groups in total. The molecular formula is C31H43N9O3. The summed E-state index contributed by atoms with van der Waals surface area (Å²) in [4.78, 5) is 50.8. The van der Waals surface area contributed by atoms with E-state index in [4.69, 9.17) is 5.73 Å². The van der Waals surface area contributed by atoms with E-state index in [-0.39, 0.29) is 36.6 Å². The first kappa shape index (κ1) is 31.6. The number of nitrogens with two attached hydrogens (primary N) is 1. The number of amides is 3. The van der Waals surface area contributed by atoms with Crippen LogP contribution in [-0.4, -0.2) is 68.0 Å². The maximum Gasteiger partial charge on any atom is 0.243 e. The molecule has 0 bridgehead atoms. The molecule has 1 aliphatic heterocycles. The van der Waals surface area contributed by atoms with Crippen molar-refractivity contribution in [1.82, 2.24) is 40.6 Å². The summed E-state index contributed by atoms with van der Waals surface area (Å²) in [7, 11) is 0. The van der Waals surface area contributed by atoms with Crippen molar-refractivity contribution in [3.05, 3.63) is 71.4 Å². The second-order valence-corrected chi connectivity index (χ2v) is 11.3. The highest BCUT2D eigenvalue weighted by Gasteiger charge is 2.29. The molecule has 0 saturated heterocycles. The third-order valence-corrected chi connectivity index (χ3v) is 7.45. The summed E-state index contributed by atoms with van der Waals surface area (Å²) in [5.74, 6) is 0.746. The number of hydrogen-bond acceptors (Lipinski definition) is 8. The molecule has 1 aromatic carbocycles. The standard InChI is InChI=1S/C31H43N9O3/c1-21(2)28-30-35-22(3)38-40(30)20-27(42)33-15-9-17-39(19-24-12-7-14-34-29(24)32)16-8-13-26(41)36-25(31(43)37-28)18-23-10-5-4-6-11-23/h4-7,10-12,14,21,25,28H,8-9,13,15-20H2,1-3H3,(H2,32,34)(H,33,42)(H,36,41)(H,37,43)/t25-,28+/m1/s1. The van der Waals surface area contributed by atoms with E-state index >= 15 is 0 Å². The van der Waals surface area contributed by atoms with Crippen LogP contribution in [0, 0.1) is 12.8 Å². The molecule has 0 unspecified atom stereocenters. The fraction of sp³-hybridized carbons (Fsp3) is 0.484. The van der Waals surface area contributed by atoms with Gasteiger partial charge in [0.15, 0.2) is 5.82 Å². The van der Waals surface area contributed by atoms with Crippen molar-refractivity contribution in [2.75, 3.05) is 25.4 Å². The van der Waals surface area contributed by atoms with Crippen LogP contribution < -0.4 is 21.7 Å². The topological polar surface area (TPSA) is 160 Å². The first-order valence-electron chi connectivity index (χ1n) is 14.9. The normalized spacial score (nSPS) is 20.0. The summed E-state index contributed by atoms with van der Waals surface area (Å²) >= 11 is 0. The minimum atomic E-state index is -0.790. The second kappa shape index (κ2) is 15.2. The molecule has 12 heteroatoms. The molecular weight excluding hydrogens is 546 g/mol. The zero-order valence-electron chi connectivity index (χ0n) is 25.3. The van der Waals surface area contributed by atoms with E-state index in [0.717, 1.165) is 11.1 Å². The van der Waals surface area contributed by atoms with Crippen LogP contribution in [0.3, 0.4) is 0 Å². The summed E-state index contributed by atoms with van der Waals surface area (Å²) in [5, 5.41) is 13.5. The highest BCUT2D eigenvalue weighted by molar-refractivity contribution is 5.88. The second-order valence-electron chi connectivity index (χ2n) is 11.3. The van der Waals surface area contributed by atoms with E-state index in [1.54, 1.807) is 17.8 Å². The lowest BCUT2D eigenvalue weighted by Crippen LogP contribution is -2.50. The molecule has 0 fully saturated rings. The molecule has 2 atom stereocenters. The summed E-state index contributed by atoms with van der Waals surface area (Å²) < 4.78 is 1.56. The molecule has 3 aromatic rings. The lowest BCUT2D eigenvalue weighted by Gasteiger charge is -2.26. The highest BCUT2D eigenvalue weighted by atomic mass is 16.2. The van der Waals surface area contributed by atoms with Crippen LogP contribution in [-0.2, 0) is 33.9 Å².